The Balaban J connectivity index is 2.11. The number of aliphatic carboxylic acids is 1. The number of rotatable bonds is 3. The van der Waals surface area contributed by atoms with E-state index in [1.807, 2.05) is 42.1 Å². The fourth-order valence-corrected chi connectivity index (χ4v) is 3.19. The van der Waals surface area contributed by atoms with Crippen LogP contribution in [0.15, 0.2) is 30.3 Å². The summed E-state index contributed by atoms with van der Waals surface area (Å²) in [5.41, 5.74) is 4.37. The van der Waals surface area contributed by atoms with Gasteiger partial charge in [0.05, 0.1) is 12.1 Å². The molecule has 1 atom stereocenters. The Morgan fingerprint density at radius 1 is 1.40 bits per heavy atom. The number of hydrogen-bond donors (Lipinski definition) is 1. The van der Waals surface area contributed by atoms with E-state index in [2.05, 4.69) is 5.10 Å². The molecule has 1 heterocycles. The van der Waals surface area contributed by atoms with Gasteiger partial charge < -0.3 is 5.11 Å². The predicted octanol–water partition coefficient (Wildman–Crippen LogP) is 2.98. The highest BCUT2D eigenvalue weighted by molar-refractivity contribution is 5.71. The van der Waals surface area contributed by atoms with Crippen LogP contribution in [-0.4, -0.2) is 20.9 Å². The highest BCUT2D eigenvalue weighted by atomic mass is 16.4. The second-order valence-electron chi connectivity index (χ2n) is 5.39. The molecule has 0 amide bonds. The van der Waals surface area contributed by atoms with Crippen LogP contribution in [0.5, 0.6) is 0 Å². The van der Waals surface area contributed by atoms with Crippen LogP contribution in [0, 0.1) is 0 Å². The molecule has 0 saturated carbocycles. The van der Waals surface area contributed by atoms with E-state index in [1.165, 1.54) is 5.69 Å². The average Bonchev–Trinajstić information content (AvgIpc) is 2.78. The lowest BCUT2D eigenvalue weighted by Crippen LogP contribution is -2.14. The summed E-state index contributed by atoms with van der Waals surface area (Å²) in [6.45, 7) is 0. The molecule has 4 nitrogen and oxygen atoms in total. The van der Waals surface area contributed by atoms with Gasteiger partial charge in [-0.25, -0.2) is 0 Å². The molecule has 4 heteroatoms. The normalized spacial score (nSPS) is 17.8. The smallest absolute Gasteiger partial charge is 0.303 e. The Hall–Kier alpha value is -2.10. The van der Waals surface area contributed by atoms with Gasteiger partial charge in [-0.05, 0) is 25.2 Å². The fraction of sp³-hybridized carbons (Fsp3) is 0.375. The second kappa shape index (κ2) is 5.12. The maximum atomic E-state index is 11.1. The standard InChI is InChI=1S/C16H18N2O2/c1-18-13-9-5-8-12(10-14(19)20)15(13)16(17-18)11-6-3-2-4-7-11/h2-4,6-7,12H,5,8-10H2,1H3,(H,19,20). The van der Waals surface area contributed by atoms with Crippen molar-refractivity contribution in [2.45, 2.75) is 31.6 Å². The maximum absolute atomic E-state index is 11.1. The number of nitrogens with zero attached hydrogens (tertiary/aromatic N) is 2. The van der Waals surface area contributed by atoms with Crippen molar-refractivity contribution >= 4 is 5.97 Å². The number of fused-ring (bicyclic) bond motifs is 1. The minimum absolute atomic E-state index is 0.0835. The Labute approximate surface area is 118 Å². The summed E-state index contributed by atoms with van der Waals surface area (Å²) in [4.78, 5) is 11.1. The van der Waals surface area contributed by atoms with E-state index in [-0.39, 0.29) is 12.3 Å². The Kier molecular flexibility index (Phi) is 3.30. The van der Waals surface area contributed by atoms with Crippen LogP contribution >= 0.6 is 0 Å². The van der Waals surface area contributed by atoms with E-state index in [0.29, 0.717) is 0 Å². The number of carboxylic acid groups (broad SMARTS) is 1. The van der Waals surface area contributed by atoms with Gasteiger partial charge in [0.1, 0.15) is 0 Å². The first-order valence-corrected chi connectivity index (χ1v) is 7.00. The predicted molar refractivity (Wildman–Crippen MR) is 76.6 cm³/mol. The first kappa shape index (κ1) is 12.9. The van der Waals surface area contributed by atoms with Gasteiger partial charge in [-0.15, -0.1) is 0 Å². The summed E-state index contributed by atoms with van der Waals surface area (Å²) in [5.74, 6) is -0.647. The van der Waals surface area contributed by atoms with E-state index in [1.54, 1.807) is 0 Å². The average molecular weight is 270 g/mol. The van der Waals surface area contributed by atoms with Crippen LogP contribution in [0.4, 0.5) is 0 Å². The molecule has 0 spiro atoms. The van der Waals surface area contributed by atoms with Crippen molar-refractivity contribution in [3.05, 3.63) is 41.6 Å². The van der Waals surface area contributed by atoms with E-state index in [0.717, 1.165) is 36.1 Å². The van der Waals surface area contributed by atoms with E-state index < -0.39 is 5.97 Å². The van der Waals surface area contributed by atoms with Crippen LogP contribution in [0.3, 0.4) is 0 Å². The molecule has 0 aliphatic heterocycles. The summed E-state index contributed by atoms with van der Waals surface area (Å²) in [6.07, 6.45) is 3.16. The molecule has 1 N–H and O–H groups in total. The van der Waals surface area contributed by atoms with Gasteiger partial charge in [-0.1, -0.05) is 30.3 Å². The third-order valence-electron chi connectivity index (χ3n) is 4.05. The van der Waals surface area contributed by atoms with Crippen molar-refractivity contribution in [2.75, 3.05) is 0 Å². The molecule has 1 aromatic carbocycles. The third kappa shape index (κ3) is 2.22. The van der Waals surface area contributed by atoms with Crippen molar-refractivity contribution in [3.8, 4) is 11.3 Å². The summed E-state index contributed by atoms with van der Waals surface area (Å²) >= 11 is 0. The lowest BCUT2D eigenvalue weighted by molar-refractivity contribution is -0.137. The zero-order valence-corrected chi connectivity index (χ0v) is 11.5. The zero-order valence-electron chi connectivity index (χ0n) is 11.5. The van der Waals surface area contributed by atoms with Gasteiger partial charge in [0.15, 0.2) is 0 Å². The lowest BCUT2D eigenvalue weighted by Gasteiger charge is -2.22. The quantitative estimate of drug-likeness (QED) is 0.932. The molecular weight excluding hydrogens is 252 g/mol. The molecule has 1 unspecified atom stereocenters. The van der Waals surface area contributed by atoms with Crippen molar-refractivity contribution in [3.63, 3.8) is 0 Å². The highest BCUT2D eigenvalue weighted by Crippen LogP contribution is 2.39. The lowest BCUT2D eigenvalue weighted by atomic mass is 9.82. The molecule has 1 aliphatic carbocycles. The van der Waals surface area contributed by atoms with Gasteiger partial charge in [-0.3, -0.25) is 9.48 Å². The monoisotopic (exact) mass is 270 g/mol. The van der Waals surface area contributed by atoms with Gasteiger partial charge in [-0.2, -0.15) is 5.10 Å². The zero-order chi connectivity index (χ0) is 14.1. The Morgan fingerprint density at radius 2 is 2.15 bits per heavy atom. The molecule has 0 fully saturated rings. The minimum Gasteiger partial charge on any atom is -0.481 e. The van der Waals surface area contributed by atoms with E-state index >= 15 is 0 Å². The molecule has 2 aromatic rings. The number of hydrogen-bond acceptors (Lipinski definition) is 2. The first-order chi connectivity index (χ1) is 9.66. The molecule has 0 bridgehead atoms. The molecule has 104 valence electrons. The number of carbonyl (C=O) groups is 1. The van der Waals surface area contributed by atoms with Crippen molar-refractivity contribution in [1.29, 1.82) is 0 Å². The number of carboxylic acids is 1. The second-order valence-corrected chi connectivity index (χ2v) is 5.39. The van der Waals surface area contributed by atoms with Crippen molar-refractivity contribution in [1.82, 2.24) is 9.78 Å². The first-order valence-electron chi connectivity index (χ1n) is 7.00. The third-order valence-corrected chi connectivity index (χ3v) is 4.05. The molecule has 3 rings (SSSR count). The van der Waals surface area contributed by atoms with Crippen LogP contribution in [0.1, 0.15) is 36.4 Å². The summed E-state index contributed by atoms with van der Waals surface area (Å²) in [6, 6.07) is 10.0. The summed E-state index contributed by atoms with van der Waals surface area (Å²) < 4.78 is 1.92. The van der Waals surface area contributed by atoms with Crippen LogP contribution < -0.4 is 0 Å². The molecular formula is C16H18N2O2. The van der Waals surface area contributed by atoms with Crippen molar-refractivity contribution in [2.24, 2.45) is 7.05 Å². The van der Waals surface area contributed by atoms with E-state index in [4.69, 9.17) is 5.11 Å². The number of aryl methyl sites for hydroxylation is 1. The van der Waals surface area contributed by atoms with Gasteiger partial charge in [0.25, 0.3) is 0 Å². The summed E-state index contributed by atoms with van der Waals surface area (Å²) in [7, 11) is 1.95. The molecule has 20 heavy (non-hydrogen) atoms. The fourth-order valence-electron chi connectivity index (χ4n) is 3.19. The van der Waals surface area contributed by atoms with Gasteiger partial charge >= 0.3 is 5.97 Å². The highest BCUT2D eigenvalue weighted by Gasteiger charge is 2.29. The SMILES string of the molecule is Cn1nc(-c2ccccc2)c2c1CCCC2CC(=O)O. The van der Waals surface area contributed by atoms with Crippen LogP contribution in [0.25, 0.3) is 11.3 Å². The number of aromatic nitrogens is 2. The van der Waals surface area contributed by atoms with Gasteiger partial charge in [0.2, 0.25) is 0 Å². The summed E-state index contributed by atoms with van der Waals surface area (Å²) in [5, 5.41) is 13.8. The van der Waals surface area contributed by atoms with E-state index in [9.17, 15) is 4.79 Å². The topological polar surface area (TPSA) is 55.1 Å². The number of benzene rings is 1. The minimum atomic E-state index is -0.731. The van der Waals surface area contributed by atoms with Gasteiger partial charge in [0, 0.05) is 23.9 Å². The Morgan fingerprint density at radius 3 is 2.85 bits per heavy atom. The molecule has 0 saturated heterocycles. The Bertz CT molecular complexity index is 631. The maximum Gasteiger partial charge on any atom is 0.303 e. The van der Waals surface area contributed by atoms with Crippen LogP contribution in [0.2, 0.25) is 0 Å². The largest absolute Gasteiger partial charge is 0.481 e. The van der Waals surface area contributed by atoms with Crippen molar-refractivity contribution < 1.29 is 9.90 Å². The molecule has 1 aliphatic rings. The van der Waals surface area contributed by atoms with Crippen LogP contribution in [-0.2, 0) is 18.3 Å². The molecule has 1 aromatic heterocycles. The molecule has 0 radical (unpaired) electrons.